The van der Waals surface area contributed by atoms with E-state index in [9.17, 15) is 19.7 Å². The highest BCUT2D eigenvalue weighted by atomic mass is 32.1. The Morgan fingerprint density at radius 3 is 2.55 bits per heavy atom. The number of rotatable bonds is 6. The number of nitro benzene ring substituents is 1. The third kappa shape index (κ3) is 4.32. The number of esters is 1. The monoisotopic (exact) mass is 415 g/mol. The number of benzene rings is 2. The molecule has 0 N–H and O–H groups in total. The number of nitrogens with zero attached hydrogens (tertiary/aromatic N) is 3. The van der Waals surface area contributed by atoms with Gasteiger partial charge in [0.15, 0.2) is 4.80 Å². The van der Waals surface area contributed by atoms with Crippen LogP contribution in [-0.4, -0.2) is 35.1 Å². The topological polar surface area (TPSA) is 113 Å². The summed E-state index contributed by atoms with van der Waals surface area (Å²) in [6.07, 6.45) is 0. The second-order valence-corrected chi connectivity index (χ2v) is 6.81. The molecule has 0 radical (unpaired) electrons. The van der Waals surface area contributed by atoms with Crippen LogP contribution >= 0.6 is 11.3 Å². The normalized spacial score (nSPS) is 11.4. The van der Waals surface area contributed by atoms with Crippen LogP contribution < -0.4 is 9.54 Å². The lowest BCUT2D eigenvalue weighted by Gasteiger charge is -2.08. The van der Waals surface area contributed by atoms with Gasteiger partial charge in [-0.05, 0) is 31.2 Å². The summed E-state index contributed by atoms with van der Waals surface area (Å²) in [5, 5.41) is 10.8. The molecule has 0 spiro atoms. The van der Waals surface area contributed by atoms with E-state index in [1.165, 1.54) is 42.7 Å². The van der Waals surface area contributed by atoms with Crippen molar-refractivity contribution in [1.82, 2.24) is 4.57 Å². The summed E-state index contributed by atoms with van der Waals surface area (Å²) in [6, 6.07) is 10.6. The van der Waals surface area contributed by atoms with Gasteiger partial charge in [-0.3, -0.25) is 19.7 Å². The lowest BCUT2D eigenvalue weighted by Crippen LogP contribution is -2.22. The van der Waals surface area contributed by atoms with Crippen molar-refractivity contribution in [1.29, 1.82) is 0 Å². The highest BCUT2D eigenvalue weighted by molar-refractivity contribution is 7.16. The van der Waals surface area contributed by atoms with Crippen LogP contribution in [0.5, 0.6) is 5.75 Å². The van der Waals surface area contributed by atoms with Gasteiger partial charge in [-0.1, -0.05) is 17.4 Å². The lowest BCUT2D eigenvalue weighted by molar-refractivity contribution is -0.384. The number of non-ortho nitro benzene ring substituents is 1. The number of ether oxygens (including phenoxy) is 2. The zero-order valence-corrected chi connectivity index (χ0v) is 16.5. The van der Waals surface area contributed by atoms with E-state index in [1.807, 2.05) is 19.1 Å². The van der Waals surface area contributed by atoms with Gasteiger partial charge in [-0.2, -0.15) is 4.99 Å². The Morgan fingerprint density at radius 2 is 1.93 bits per heavy atom. The van der Waals surface area contributed by atoms with Gasteiger partial charge in [-0.25, -0.2) is 0 Å². The summed E-state index contributed by atoms with van der Waals surface area (Å²) >= 11 is 1.23. The van der Waals surface area contributed by atoms with Gasteiger partial charge in [0, 0.05) is 17.7 Å². The predicted octanol–water partition coefficient (Wildman–Crippen LogP) is 2.92. The van der Waals surface area contributed by atoms with E-state index in [-0.39, 0.29) is 17.8 Å². The van der Waals surface area contributed by atoms with E-state index in [4.69, 9.17) is 9.47 Å². The summed E-state index contributed by atoms with van der Waals surface area (Å²) in [4.78, 5) is 39.2. The number of nitro groups is 1. The van der Waals surface area contributed by atoms with Crippen molar-refractivity contribution >= 4 is 39.1 Å². The summed E-state index contributed by atoms with van der Waals surface area (Å²) < 4.78 is 12.8. The van der Waals surface area contributed by atoms with Crippen molar-refractivity contribution in [3.8, 4) is 5.75 Å². The van der Waals surface area contributed by atoms with E-state index < -0.39 is 16.8 Å². The van der Waals surface area contributed by atoms with E-state index in [0.29, 0.717) is 22.7 Å². The Bertz CT molecular complexity index is 1150. The van der Waals surface area contributed by atoms with Crippen molar-refractivity contribution in [2.24, 2.45) is 4.99 Å². The number of methoxy groups -OCH3 is 1. The molecule has 1 aromatic heterocycles. The average Bonchev–Trinajstić information content (AvgIpc) is 3.06. The molecule has 2 aromatic carbocycles. The molecule has 1 amide bonds. The molecule has 0 saturated heterocycles. The van der Waals surface area contributed by atoms with Gasteiger partial charge < -0.3 is 14.0 Å². The number of carbonyl (C=O) groups is 2. The third-order valence-corrected chi connectivity index (χ3v) is 5.04. The number of aromatic nitrogens is 1. The van der Waals surface area contributed by atoms with Crippen LogP contribution in [0.15, 0.2) is 47.5 Å². The summed E-state index contributed by atoms with van der Waals surface area (Å²) in [7, 11) is 1.28. The zero-order valence-electron chi connectivity index (χ0n) is 15.7. The molecule has 29 heavy (non-hydrogen) atoms. The van der Waals surface area contributed by atoms with Crippen molar-refractivity contribution < 1.29 is 24.0 Å². The minimum atomic E-state index is -0.581. The van der Waals surface area contributed by atoms with Crippen LogP contribution in [0.2, 0.25) is 0 Å². The van der Waals surface area contributed by atoms with Gasteiger partial charge >= 0.3 is 5.97 Å². The highest BCUT2D eigenvalue weighted by Crippen LogP contribution is 2.27. The first-order valence-electron chi connectivity index (χ1n) is 8.60. The molecule has 0 unspecified atom stereocenters. The maximum atomic E-state index is 12.6. The SMILES string of the molecule is CCOc1cccc2sc(=NC(=O)c3ccc([N+](=O)[O-])cc3)n(CC(=O)OC)c12. The van der Waals surface area contributed by atoms with Gasteiger partial charge in [0.1, 0.15) is 17.8 Å². The third-order valence-electron chi connectivity index (χ3n) is 4.00. The summed E-state index contributed by atoms with van der Waals surface area (Å²) in [6.45, 7) is 2.13. The zero-order chi connectivity index (χ0) is 21.0. The number of amides is 1. The molecule has 0 bridgehead atoms. The molecule has 0 fully saturated rings. The molecule has 3 aromatic rings. The van der Waals surface area contributed by atoms with Gasteiger partial charge in [-0.15, -0.1) is 0 Å². The molecule has 0 saturated carbocycles. The lowest BCUT2D eigenvalue weighted by atomic mass is 10.2. The quantitative estimate of drug-likeness (QED) is 0.347. The van der Waals surface area contributed by atoms with Crippen molar-refractivity contribution in [3.63, 3.8) is 0 Å². The average molecular weight is 415 g/mol. The number of para-hydroxylation sites is 1. The number of carbonyl (C=O) groups excluding carboxylic acids is 2. The fraction of sp³-hybridized carbons (Fsp3) is 0.211. The molecule has 0 atom stereocenters. The molecule has 10 heteroatoms. The van der Waals surface area contributed by atoms with Crippen LogP contribution in [0.4, 0.5) is 5.69 Å². The van der Waals surface area contributed by atoms with E-state index in [2.05, 4.69) is 4.99 Å². The molecular weight excluding hydrogens is 398 g/mol. The van der Waals surface area contributed by atoms with E-state index >= 15 is 0 Å². The molecule has 0 aliphatic heterocycles. The maximum absolute atomic E-state index is 12.6. The standard InChI is InChI=1S/C19H17N3O6S/c1-3-28-14-5-4-6-15-17(14)21(11-16(23)27-2)19(29-15)20-18(24)12-7-9-13(10-8-12)22(25)26/h4-10H,3,11H2,1-2H3. The van der Waals surface area contributed by atoms with Gasteiger partial charge in [0.05, 0.1) is 23.3 Å². The molecular formula is C19H17N3O6S. The van der Waals surface area contributed by atoms with Crippen LogP contribution in [0.25, 0.3) is 10.2 Å². The largest absolute Gasteiger partial charge is 0.492 e. The predicted molar refractivity (Wildman–Crippen MR) is 106 cm³/mol. The van der Waals surface area contributed by atoms with Crippen LogP contribution in [0.3, 0.4) is 0 Å². The number of hydrogen-bond donors (Lipinski definition) is 0. The van der Waals surface area contributed by atoms with Crippen molar-refractivity contribution in [3.05, 3.63) is 62.9 Å². The Morgan fingerprint density at radius 1 is 1.21 bits per heavy atom. The first-order valence-corrected chi connectivity index (χ1v) is 9.41. The molecule has 3 rings (SSSR count). The number of fused-ring (bicyclic) bond motifs is 1. The van der Waals surface area contributed by atoms with E-state index in [1.54, 1.807) is 10.6 Å². The smallest absolute Gasteiger partial charge is 0.325 e. The molecule has 0 aliphatic rings. The summed E-state index contributed by atoms with van der Waals surface area (Å²) in [5.74, 6) is -0.516. The number of hydrogen-bond acceptors (Lipinski definition) is 7. The van der Waals surface area contributed by atoms with Crippen LogP contribution in [0, 0.1) is 10.1 Å². The minimum absolute atomic E-state index is 0.120. The van der Waals surface area contributed by atoms with Crippen LogP contribution in [-0.2, 0) is 16.1 Å². The van der Waals surface area contributed by atoms with Crippen molar-refractivity contribution in [2.75, 3.05) is 13.7 Å². The Kier molecular flexibility index (Phi) is 6.03. The second kappa shape index (κ2) is 8.65. The molecule has 150 valence electrons. The Labute approximate surface area is 169 Å². The van der Waals surface area contributed by atoms with Gasteiger partial charge in [0.25, 0.3) is 11.6 Å². The first kappa shape index (κ1) is 20.2. The van der Waals surface area contributed by atoms with Crippen molar-refractivity contribution in [2.45, 2.75) is 13.5 Å². The second-order valence-electron chi connectivity index (χ2n) is 5.80. The Balaban J connectivity index is 2.12. The molecule has 9 nitrogen and oxygen atoms in total. The van der Waals surface area contributed by atoms with Crippen LogP contribution in [0.1, 0.15) is 17.3 Å². The fourth-order valence-electron chi connectivity index (χ4n) is 2.67. The highest BCUT2D eigenvalue weighted by Gasteiger charge is 2.16. The molecule has 1 heterocycles. The van der Waals surface area contributed by atoms with E-state index in [0.717, 1.165) is 4.70 Å². The Hall–Kier alpha value is -3.53. The maximum Gasteiger partial charge on any atom is 0.325 e. The fourth-order valence-corrected chi connectivity index (χ4v) is 3.72. The summed E-state index contributed by atoms with van der Waals surface area (Å²) in [5.41, 5.74) is 0.716. The first-order chi connectivity index (χ1) is 13.9. The number of thiazole rings is 1. The minimum Gasteiger partial charge on any atom is -0.492 e. The molecule has 0 aliphatic carbocycles. The van der Waals surface area contributed by atoms with Gasteiger partial charge in [0.2, 0.25) is 0 Å².